The zero-order valence-corrected chi connectivity index (χ0v) is 8.13. The van der Waals surface area contributed by atoms with E-state index in [1.807, 2.05) is 0 Å². The monoisotopic (exact) mass is 171 g/mol. The predicted molar refractivity (Wildman–Crippen MR) is 43.3 cm³/mol. The molecule has 0 amide bonds. The van der Waals surface area contributed by atoms with Crippen LogP contribution in [0.4, 0.5) is 0 Å². The van der Waals surface area contributed by atoms with Gasteiger partial charge in [-0.2, -0.15) is 5.26 Å². The van der Waals surface area contributed by atoms with Crippen LogP contribution in [0, 0.1) is 17.2 Å². The van der Waals surface area contributed by atoms with Crippen LogP contribution in [0.2, 0.25) is 19.6 Å². The maximum atomic E-state index is 8.56. The van der Waals surface area contributed by atoms with Gasteiger partial charge in [0.1, 0.15) is 5.92 Å². The Labute approximate surface area is 68.0 Å². The van der Waals surface area contributed by atoms with Crippen molar-refractivity contribution in [3.8, 4) is 6.07 Å². The maximum Gasteiger partial charge on any atom is 0.187 e. The minimum Gasteiger partial charge on any atom is -0.392 e. The van der Waals surface area contributed by atoms with Crippen LogP contribution in [0.5, 0.6) is 0 Å². The summed E-state index contributed by atoms with van der Waals surface area (Å²) in [5.41, 5.74) is 0. The van der Waals surface area contributed by atoms with Gasteiger partial charge < -0.3 is 9.16 Å². The van der Waals surface area contributed by atoms with Crippen molar-refractivity contribution in [1.29, 1.82) is 5.26 Å². The summed E-state index contributed by atoms with van der Waals surface area (Å²) in [6.07, 6.45) is -0.244. The Balaban J connectivity index is 2.35. The summed E-state index contributed by atoms with van der Waals surface area (Å²) in [4.78, 5) is 0. The van der Waals surface area contributed by atoms with Crippen LogP contribution >= 0.6 is 0 Å². The fourth-order valence-electron chi connectivity index (χ4n) is 0.834. The second kappa shape index (κ2) is 2.93. The first-order chi connectivity index (χ1) is 5.03. The molecular formula is C7H13NO2Si. The fourth-order valence-corrected chi connectivity index (χ4v) is 1.76. The van der Waals surface area contributed by atoms with E-state index in [2.05, 4.69) is 25.7 Å². The predicted octanol–water partition coefficient (Wildman–Crippen LogP) is 1.33. The summed E-state index contributed by atoms with van der Waals surface area (Å²) >= 11 is 0. The molecule has 1 saturated heterocycles. The molecule has 3 nitrogen and oxygen atoms in total. The maximum absolute atomic E-state index is 8.56. The Morgan fingerprint density at radius 3 is 2.45 bits per heavy atom. The van der Waals surface area contributed by atoms with E-state index in [0.717, 1.165) is 0 Å². The van der Waals surface area contributed by atoms with Crippen molar-refractivity contribution >= 4 is 8.32 Å². The minimum absolute atomic E-state index is 0.0401. The second-order valence-electron chi connectivity index (χ2n) is 3.67. The molecule has 1 fully saturated rings. The third kappa shape index (κ3) is 2.29. The minimum atomic E-state index is -1.52. The highest BCUT2D eigenvalue weighted by molar-refractivity contribution is 6.69. The Kier molecular flexibility index (Phi) is 2.33. The van der Waals surface area contributed by atoms with Gasteiger partial charge in [-0.05, 0) is 19.6 Å². The Morgan fingerprint density at radius 1 is 1.55 bits per heavy atom. The van der Waals surface area contributed by atoms with E-state index < -0.39 is 8.32 Å². The van der Waals surface area contributed by atoms with E-state index in [-0.39, 0.29) is 12.2 Å². The highest BCUT2D eigenvalue weighted by Gasteiger charge is 2.36. The molecule has 0 saturated carbocycles. The van der Waals surface area contributed by atoms with Gasteiger partial charge in [-0.1, -0.05) is 0 Å². The lowest BCUT2D eigenvalue weighted by atomic mass is 10.1. The lowest BCUT2D eigenvalue weighted by Gasteiger charge is -2.36. The van der Waals surface area contributed by atoms with Gasteiger partial charge in [-0.25, -0.2) is 0 Å². The summed E-state index contributed by atoms with van der Waals surface area (Å²) in [5, 5.41) is 8.56. The lowest BCUT2D eigenvalue weighted by molar-refractivity contribution is -0.201. The van der Waals surface area contributed by atoms with Crippen LogP contribution in [0.25, 0.3) is 0 Å². The van der Waals surface area contributed by atoms with Crippen molar-refractivity contribution in [2.24, 2.45) is 5.92 Å². The van der Waals surface area contributed by atoms with Gasteiger partial charge in [-0.3, -0.25) is 0 Å². The Bertz CT molecular complexity index is 182. The molecule has 1 aliphatic rings. The normalized spacial score (nSPS) is 30.7. The molecule has 2 unspecified atom stereocenters. The molecule has 0 aromatic heterocycles. The second-order valence-corrected chi connectivity index (χ2v) is 8.13. The van der Waals surface area contributed by atoms with E-state index in [9.17, 15) is 0 Å². The first-order valence-corrected chi connectivity index (χ1v) is 7.13. The van der Waals surface area contributed by atoms with Gasteiger partial charge in [0.25, 0.3) is 0 Å². The number of nitrogens with zero attached hydrogens (tertiary/aromatic N) is 1. The number of nitriles is 1. The molecule has 0 aromatic carbocycles. The summed E-state index contributed by atoms with van der Waals surface area (Å²) in [6.45, 7) is 6.79. The van der Waals surface area contributed by atoms with Crippen LogP contribution in [-0.4, -0.2) is 21.2 Å². The van der Waals surface area contributed by atoms with Crippen molar-refractivity contribution < 1.29 is 9.16 Å². The molecule has 2 atom stereocenters. The molecule has 0 aliphatic carbocycles. The van der Waals surface area contributed by atoms with Crippen LogP contribution in [0.3, 0.4) is 0 Å². The molecule has 1 heterocycles. The average Bonchev–Trinajstić information content (AvgIpc) is 1.80. The van der Waals surface area contributed by atoms with E-state index in [4.69, 9.17) is 14.4 Å². The van der Waals surface area contributed by atoms with Crippen molar-refractivity contribution in [2.75, 3.05) is 6.61 Å². The summed E-state index contributed by atoms with van der Waals surface area (Å²) in [6, 6.07) is 2.15. The summed E-state index contributed by atoms with van der Waals surface area (Å²) in [5.74, 6) is -0.0401. The van der Waals surface area contributed by atoms with Crippen LogP contribution in [0.15, 0.2) is 0 Å². The van der Waals surface area contributed by atoms with E-state index in [0.29, 0.717) is 6.61 Å². The molecule has 11 heavy (non-hydrogen) atoms. The van der Waals surface area contributed by atoms with Gasteiger partial charge in [0.15, 0.2) is 14.6 Å². The molecule has 0 spiro atoms. The largest absolute Gasteiger partial charge is 0.392 e. The highest BCUT2D eigenvalue weighted by Crippen LogP contribution is 2.23. The first-order valence-electron chi connectivity index (χ1n) is 3.72. The number of hydrogen-bond donors (Lipinski definition) is 0. The quantitative estimate of drug-likeness (QED) is 0.589. The summed E-state index contributed by atoms with van der Waals surface area (Å²) in [7, 11) is -1.52. The molecule has 0 radical (unpaired) electrons. The van der Waals surface area contributed by atoms with Crippen molar-refractivity contribution in [2.45, 2.75) is 25.9 Å². The Hall–Kier alpha value is -0.373. The standard InChI is InChI=1S/C7H13NO2Si/c1-11(2,3)10-7-6(4-8)5-9-7/h6-7H,5H2,1-3H3. The molecule has 4 heteroatoms. The molecular weight excluding hydrogens is 158 g/mol. The zero-order chi connectivity index (χ0) is 8.48. The van der Waals surface area contributed by atoms with Crippen LogP contribution < -0.4 is 0 Å². The van der Waals surface area contributed by atoms with Gasteiger partial charge in [-0.15, -0.1) is 0 Å². The topological polar surface area (TPSA) is 42.2 Å². The van der Waals surface area contributed by atoms with Gasteiger partial charge >= 0.3 is 0 Å². The molecule has 62 valence electrons. The molecule has 1 aliphatic heterocycles. The lowest BCUT2D eigenvalue weighted by Crippen LogP contribution is -2.46. The average molecular weight is 171 g/mol. The molecule has 0 bridgehead atoms. The van der Waals surface area contributed by atoms with Crippen molar-refractivity contribution in [3.63, 3.8) is 0 Å². The number of ether oxygens (including phenoxy) is 1. The highest BCUT2D eigenvalue weighted by atomic mass is 28.4. The Morgan fingerprint density at radius 2 is 2.18 bits per heavy atom. The summed E-state index contributed by atoms with van der Waals surface area (Å²) < 4.78 is 10.7. The van der Waals surface area contributed by atoms with E-state index >= 15 is 0 Å². The smallest absolute Gasteiger partial charge is 0.187 e. The van der Waals surface area contributed by atoms with Crippen molar-refractivity contribution in [1.82, 2.24) is 0 Å². The van der Waals surface area contributed by atoms with Crippen LogP contribution in [-0.2, 0) is 9.16 Å². The van der Waals surface area contributed by atoms with Crippen molar-refractivity contribution in [3.05, 3.63) is 0 Å². The van der Waals surface area contributed by atoms with Gasteiger partial charge in [0.05, 0.1) is 12.7 Å². The van der Waals surface area contributed by atoms with Crippen LogP contribution in [0.1, 0.15) is 0 Å². The zero-order valence-electron chi connectivity index (χ0n) is 7.13. The number of hydrogen-bond acceptors (Lipinski definition) is 3. The SMILES string of the molecule is C[Si](C)(C)OC1OCC1C#N. The molecule has 0 aromatic rings. The third-order valence-electron chi connectivity index (χ3n) is 1.40. The molecule has 1 rings (SSSR count). The third-order valence-corrected chi connectivity index (χ3v) is 2.34. The molecule has 0 N–H and O–H groups in total. The number of rotatable bonds is 2. The van der Waals surface area contributed by atoms with Gasteiger partial charge in [0.2, 0.25) is 0 Å². The first kappa shape index (κ1) is 8.72. The van der Waals surface area contributed by atoms with E-state index in [1.54, 1.807) is 0 Å². The van der Waals surface area contributed by atoms with Gasteiger partial charge in [0, 0.05) is 0 Å². The van der Waals surface area contributed by atoms with E-state index in [1.165, 1.54) is 0 Å². The fraction of sp³-hybridized carbons (Fsp3) is 0.857.